The molecule has 1 unspecified atom stereocenters. The van der Waals surface area contributed by atoms with Crippen LogP contribution in [0.15, 0.2) is 12.2 Å². The second-order valence-electron chi connectivity index (χ2n) is 9.89. The Bertz CT molecular complexity index is 391. The zero-order chi connectivity index (χ0) is 17.1. The van der Waals surface area contributed by atoms with Crippen LogP contribution in [0.1, 0.15) is 82.1 Å². The molecule has 0 aliphatic rings. The van der Waals surface area contributed by atoms with Crippen molar-refractivity contribution in [1.82, 2.24) is 0 Å². The topological polar surface area (TPSA) is 23.8 Å². The largest absolute Gasteiger partial charge is 0.198 e. The van der Waals surface area contributed by atoms with Gasteiger partial charge in [0.1, 0.15) is 0 Å². The van der Waals surface area contributed by atoms with E-state index in [0.29, 0.717) is 17.8 Å². The van der Waals surface area contributed by atoms with E-state index in [-0.39, 0.29) is 16.2 Å². The van der Waals surface area contributed by atoms with Crippen molar-refractivity contribution in [3.63, 3.8) is 0 Å². The summed E-state index contributed by atoms with van der Waals surface area (Å²) in [5, 5.41) is 9.24. The minimum absolute atomic E-state index is 0.0625. The standard InChI is InChI=1S/C20H37N/c1-17(2,3)13-11-14-19(7,8)20(9,10)16(12-15-21)18(4,5)6/h11,14,16H,12-13H2,1-10H3/b14-11+. The summed E-state index contributed by atoms with van der Waals surface area (Å²) in [7, 11) is 0. The molecule has 0 spiro atoms. The van der Waals surface area contributed by atoms with Crippen molar-refractivity contribution >= 4 is 0 Å². The van der Waals surface area contributed by atoms with Crippen molar-refractivity contribution in [2.75, 3.05) is 0 Å². The van der Waals surface area contributed by atoms with Crippen LogP contribution in [0.3, 0.4) is 0 Å². The van der Waals surface area contributed by atoms with Crippen LogP contribution in [0.5, 0.6) is 0 Å². The molecule has 0 aromatic rings. The summed E-state index contributed by atoms with van der Waals surface area (Å²) in [5.41, 5.74) is 0.587. The van der Waals surface area contributed by atoms with Crippen LogP contribution in [0.2, 0.25) is 0 Å². The highest BCUT2D eigenvalue weighted by molar-refractivity contribution is 5.08. The Morgan fingerprint density at radius 2 is 1.38 bits per heavy atom. The van der Waals surface area contributed by atoms with E-state index in [9.17, 15) is 5.26 Å². The summed E-state index contributed by atoms with van der Waals surface area (Å²) >= 11 is 0. The van der Waals surface area contributed by atoms with Gasteiger partial charge in [-0.1, -0.05) is 81.4 Å². The minimum atomic E-state index is 0.0625. The maximum Gasteiger partial charge on any atom is 0.0625 e. The Morgan fingerprint density at radius 3 is 1.71 bits per heavy atom. The maximum absolute atomic E-state index is 9.24. The highest BCUT2D eigenvalue weighted by Gasteiger charge is 2.46. The summed E-state index contributed by atoms with van der Waals surface area (Å²) in [4.78, 5) is 0. The van der Waals surface area contributed by atoms with E-state index in [4.69, 9.17) is 0 Å². The third kappa shape index (κ3) is 5.85. The van der Waals surface area contributed by atoms with Gasteiger partial charge in [0.15, 0.2) is 0 Å². The molecule has 0 amide bonds. The van der Waals surface area contributed by atoms with Gasteiger partial charge in [0, 0.05) is 6.42 Å². The van der Waals surface area contributed by atoms with Crippen LogP contribution < -0.4 is 0 Å². The van der Waals surface area contributed by atoms with Crippen LogP contribution in [-0.4, -0.2) is 0 Å². The molecule has 0 saturated carbocycles. The first-order valence-corrected chi connectivity index (χ1v) is 8.20. The maximum atomic E-state index is 9.24. The second kappa shape index (κ2) is 6.55. The Hall–Kier alpha value is -0.770. The molecular formula is C20H37N. The lowest BCUT2D eigenvalue weighted by atomic mass is 9.54. The van der Waals surface area contributed by atoms with E-state index in [1.165, 1.54) is 0 Å². The van der Waals surface area contributed by atoms with Gasteiger partial charge in [-0.15, -0.1) is 0 Å². The summed E-state index contributed by atoms with van der Waals surface area (Å²) in [6.45, 7) is 22.8. The van der Waals surface area contributed by atoms with Crippen LogP contribution in [0.4, 0.5) is 0 Å². The van der Waals surface area contributed by atoms with Crippen LogP contribution >= 0.6 is 0 Å². The average Bonchev–Trinajstić information content (AvgIpc) is 2.21. The van der Waals surface area contributed by atoms with Gasteiger partial charge in [0.2, 0.25) is 0 Å². The molecule has 122 valence electrons. The van der Waals surface area contributed by atoms with Crippen molar-refractivity contribution in [2.24, 2.45) is 27.6 Å². The van der Waals surface area contributed by atoms with Crippen molar-refractivity contribution in [1.29, 1.82) is 5.26 Å². The number of hydrogen-bond donors (Lipinski definition) is 0. The molecule has 0 heterocycles. The SMILES string of the molecule is CC(C)(C)C/C=C/C(C)(C)C(C)(C)C(CC#N)C(C)(C)C. The van der Waals surface area contributed by atoms with Gasteiger partial charge in [-0.3, -0.25) is 0 Å². The third-order valence-corrected chi connectivity index (χ3v) is 5.14. The van der Waals surface area contributed by atoms with Gasteiger partial charge in [-0.2, -0.15) is 5.26 Å². The molecule has 0 fully saturated rings. The van der Waals surface area contributed by atoms with Gasteiger partial charge in [-0.25, -0.2) is 0 Å². The molecule has 0 aromatic heterocycles. The van der Waals surface area contributed by atoms with Crippen LogP contribution in [-0.2, 0) is 0 Å². The molecule has 21 heavy (non-hydrogen) atoms. The first kappa shape index (κ1) is 20.2. The Balaban J connectivity index is 5.38. The molecule has 0 aliphatic carbocycles. The third-order valence-electron chi connectivity index (χ3n) is 5.14. The summed E-state index contributed by atoms with van der Waals surface area (Å²) < 4.78 is 0. The van der Waals surface area contributed by atoms with Crippen LogP contribution in [0, 0.1) is 38.9 Å². The summed E-state index contributed by atoms with van der Waals surface area (Å²) in [5.74, 6) is 0.365. The fourth-order valence-electron chi connectivity index (χ4n) is 3.11. The molecule has 0 aliphatic heterocycles. The summed E-state index contributed by atoms with van der Waals surface area (Å²) in [6.07, 6.45) is 6.40. The lowest BCUT2D eigenvalue weighted by Gasteiger charge is -2.50. The quantitative estimate of drug-likeness (QED) is 0.523. The molecule has 0 N–H and O–H groups in total. The monoisotopic (exact) mass is 291 g/mol. The molecule has 0 bridgehead atoms. The molecule has 0 saturated heterocycles. The van der Waals surface area contributed by atoms with Crippen molar-refractivity contribution in [3.8, 4) is 6.07 Å². The smallest absolute Gasteiger partial charge is 0.0625 e. The average molecular weight is 292 g/mol. The second-order valence-corrected chi connectivity index (χ2v) is 9.89. The van der Waals surface area contributed by atoms with Gasteiger partial charge in [-0.05, 0) is 34.0 Å². The van der Waals surface area contributed by atoms with Gasteiger partial charge in [0.05, 0.1) is 6.07 Å². The molecule has 0 rings (SSSR count). The van der Waals surface area contributed by atoms with E-state index in [1.807, 2.05) is 0 Å². The summed E-state index contributed by atoms with van der Waals surface area (Å²) in [6, 6.07) is 2.41. The van der Waals surface area contributed by atoms with Gasteiger partial charge in [0.25, 0.3) is 0 Å². The zero-order valence-corrected chi connectivity index (χ0v) is 16.1. The minimum Gasteiger partial charge on any atom is -0.198 e. The number of nitrogens with zero attached hydrogens (tertiary/aromatic N) is 1. The fourth-order valence-corrected chi connectivity index (χ4v) is 3.11. The number of nitriles is 1. The van der Waals surface area contributed by atoms with Gasteiger partial charge >= 0.3 is 0 Å². The Labute approximate surface area is 133 Å². The molecule has 0 radical (unpaired) electrons. The highest BCUT2D eigenvalue weighted by Crippen LogP contribution is 2.52. The van der Waals surface area contributed by atoms with Gasteiger partial charge < -0.3 is 0 Å². The van der Waals surface area contributed by atoms with Crippen molar-refractivity contribution < 1.29 is 0 Å². The predicted octanol–water partition coefficient (Wildman–Crippen LogP) is 6.61. The Morgan fingerprint density at radius 1 is 0.905 bits per heavy atom. The molecule has 0 aromatic carbocycles. The van der Waals surface area contributed by atoms with Crippen molar-refractivity contribution in [3.05, 3.63) is 12.2 Å². The highest BCUT2D eigenvalue weighted by atomic mass is 14.5. The van der Waals surface area contributed by atoms with E-state index < -0.39 is 0 Å². The molecule has 1 nitrogen and oxygen atoms in total. The first-order valence-electron chi connectivity index (χ1n) is 8.20. The number of hydrogen-bond acceptors (Lipinski definition) is 1. The zero-order valence-electron chi connectivity index (χ0n) is 16.1. The molecule has 1 heteroatoms. The van der Waals surface area contributed by atoms with E-state index in [0.717, 1.165) is 6.42 Å². The molecular weight excluding hydrogens is 254 g/mol. The lowest BCUT2D eigenvalue weighted by molar-refractivity contribution is 0.0105. The first-order chi connectivity index (χ1) is 9.15. The fraction of sp³-hybridized carbons (Fsp3) is 0.850. The predicted molar refractivity (Wildman–Crippen MR) is 93.9 cm³/mol. The van der Waals surface area contributed by atoms with E-state index in [2.05, 4.69) is 87.5 Å². The van der Waals surface area contributed by atoms with E-state index >= 15 is 0 Å². The van der Waals surface area contributed by atoms with E-state index in [1.54, 1.807) is 0 Å². The number of rotatable bonds is 5. The van der Waals surface area contributed by atoms with Crippen molar-refractivity contribution in [2.45, 2.75) is 82.1 Å². The number of allylic oxidation sites excluding steroid dienone is 2. The molecule has 1 atom stereocenters. The normalized spacial score (nSPS) is 16.0. The lowest BCUT2D eigenvalue weighted by Crippen LogP contribution is -2.43. The Kier molecular flexibility index (Phi) is 6.31. The van der Waals surface area contributed by atoms with Crippen LogP contribution in [0.25, 0.3) is 0 Å².